The van der Waals surface area contributed by atoms with Gasteiger partial charge in [0.15, 0.2) is 0 Å². The molecule has 72 valence electrons. The van der Waals surface area contributed by atoms with E-state index < -0.39 is 10.0 Å². The van der Waals surface area contributed by atoms with Crippen LogP contribution in [-0.4, -0.2) is 25.0 Å². The number of hydrogen-bond donors (Lipinski definition) is 0. The van der Waals surface area contributed by atoms with E-state index in [9.17, 15) is 8.42 Å². The Labute approximate surface area is 75.1 Å². The molecule has 0 fully saturated rings. The molecule has 0 atom stereocenters. The van der Waals surface area contributed by atoms with Crippen molar-refractivity contribution in [1.82, 2.24) is 4.31 Å². The zero-order valence-electron chi connectivity index (χ0n) is 7.78. The molecular weight excluding hydrogens is 174 g/mol. The van der Waals surface area contributed by atoms with E-state index in [-0.39, 0.29) is 5.75 Å². The quantitative estimate of drug-likeness (QED) is 0.639. The summed E-state index contributed by atoms with van der Waals surface area (Å²) in [5.41, 5.74) is 0. The van der Waals surface area contributed by atoms with E-state index in [1.807, 2.05) is 6.92 Å². The highest BCUT2D eigenvalue weighted by Crippen LogP contribution is 2.04. The monoisotopic (exact) mass is 191 g/mol. The van der Waals surface area contributed by atoms with Crippen LogP contribution in [0, 0.1) is 0 Å². The van der Waals surface area contributed by atoms with Crippen molar-refractivity contribution in [3.8, 4) is 0 Å². The number of sulfonamides is 1. The van der Waals surface area contributed by atoms with Gasteiger partial charge in [0.25, 0.3) is 0 Å². The average molecular weight is 191 g/mol. The van der Waals surface area contributed by atoms with Crippen LogP contribution in [0.4, 0.5) is 0 Å². The van der Waals surface area contributed by atoms with Crippen molar-refractivity contribution in [3.63, 3.8) is 0 Å². The molecule has 0 amide bonds. The fourth-order valence-corrected chi connectivity index (χ4v) is 2.39. The molecule has 0 aliphatic rings. The Morgan fingerprint density at radius 3 is 2.33 bits per heavy atom. The van der Waals surface area contributed by atoms with Gasteiger partial charge in [-0.2, -0.15) is 0 Å². The van der Waals surface area contributed by atoms with Gasteiger partial charge in [0.05, 0.1) is 5.75 Å². The first-order valence-electron chi connectivity index (χ1n) is 4.20. The highest BCUT2D eigenvalue weighted by molar-refractivity contribution is 7.89. The van der Waals surface area contributed by atoms with Gasteiger partial charge in [0.1, 0.15) is 0 Å². The average Bonchev–Trinajstić information content (AvgIpc) is 2.03. The van der Waals surface area contributed by atoms with E-state index in [2.05, 4.69) is 6.58 Å². The maximum Gasteiger partial charge on any atom is 0.234 e. The molecule has 3 nitrogen and oxygen atoms in total. The summed E-state index contributed by atoms with van der Waals surface area (Å²) < 4.78 is 24.1. The Kier molecular flexibility index (Phi) is 4.97. The van der Waals surface area contributed by atoms with Crippen LogP contribution in [0.2, 0.25) is 0 Å². The predicted molar refractivity (Wildman–Crippen MR) is 51.3 cm³/mol. The molecule has 12 heavy (non-hydrogen) atoms. The van der Waals surface area contributed by atoms with Gasteiger partial charge in [0.2, 0.25) is 10.0 Å². The van der Waals surface area contributed by atoms with Crippen molar-refractivity contribution in [2.75, 3.05) is 12.3 Å². The highest BCUT2D eigenvalue weighted by Gasteiger charge is 2.14. The molecule has 0 aromatic heterocycles. The maximum atomic E-state index is 11.4. The largest absolute Gasteiger partial charge is 0.278 e. The maximum absolute atomic E-state index is 11.4. The summed E-state index contributed by atoms with van der Waals surface area (Å²) in [6.45, 7) is 7.69. The minimum absolute atomic E-state index is 0.226. The van der Waals surface area contributed by atoms with Crippen LogP contribution in [0.5, 0.6) is 0 Å². The molecule has 0 aliphatic heterocycles. The standard InChI is InChI=1S/C8H17NO2S/c1-4-7-8-12(10,11)9(5-2)6-3/h5H,2,4,6-8H2,1,3H3. The van der Waals surface area contributed by atoms with Crippen molar-refractivity contribution in [1.29, 1.82) is 0 Å². The molecule has 0 saturated carbocycles. The van der Waals surface area contributed by atoms with E-state index in [0.717, 1.165) is 6.42 Å². The molecule has 0 heterocycles. The lowest BCUT2D eigenvalue weighted by Crippen LogP contribution is -2.27. The molecular formula is C8H17NO2S. The molecule has 0 N–H and O–H groups in total. The fourth-order valence-electron chi connectivity index (χ4n) is 0.883. The first-order valence-corrected chi connectivity index (χ1v) is 5.81. The van der Waals surface area contributed by atoms with E-state index in [1.54, 1.807) is 6.92 Å². The van der Waals surface area contributed by atoms with Crippen LogP contribution in [0.15, 0.2) is 12.8 Å². The summed E-state index contributed by atoms with van der Waals surface area (Å²) >= 11 is 0. The third kappa shape index (κ3) is 3.26. The Morgan fingerprint density at radius 1 is 1.42 bits per heavy atom. The van der Waals surface area contributed by atoms with E-state index >= 15 is 0 Å². The number of unbranched alkanes of at least 4 members (excludes halogenated alkanes) is 1. The van der Waals surface area contributed by atoms with Gasteiger partial charge in [-0.25, -0.2) is 8.42 Å². The van der Waals surface area contributed by atoms with Crippen LogP contribution in [0.25, 0.3) is 0 Å². The third-order valence-corrected chi connectivity index (χ3v) is 3.55. The lowest BCUT2D eigenvalue weighted by atomic mass is 10.4. The Hall–Kier alpha value is -0.510. The molecule has 0 aromatic carbocycles. The smallest absolute Gasteiger partial charge is 0.234 e. The van der Waals surface area contributed by atoms with Crippen LogP contribution < -0.4 is 0 Å². The predicted octanol–water partition coefficient (Wildman–Crippen LogP) is 1.58. The van der Waals surface area contributed by atoms with Gasteiger partial charge in [-0.15, -0.1) is 0 Å². The molecule has 0 rings (SSSR count). The summed E-state index contributed by atoms with van der Waals surface area (Å²) in [7, 11) is -3.07. The molecule has 0 unspecified atom stereocenters. The first kappa shape index (κ1) is 11.5. The summed E-state index contributed by atoms with van der Waals surface area (Å²) in [5, 5.41) is 0. The second-order valence-corrected chi connectivity index (χ2v) is 4.60. The van der Waals surface area contributed by atoms with Crippen molar-refractivity contribution < 1.29 is 8.42 Å². The number of rotatable bonds is 6. The van der Waals surface area contributed by atoms with Gasteiger partial charge < -0.3 is 0 Å². The number of nitrogens with zero attached hydrogens (tertiary/aromatic N) is 1. The third-order valence-electron chi connectivity index (χ3n) is 1.63. The molecule has 0 spiro atoms. The van der Waals surface area contributed by atoms with Gasteiger partial charge in [-0.3, -0.25) is 4.31 Å². The summed E-state index contributed by atoms with van der Waals surface area (Å²) in [6.07, 6.45) is 2.98. The van der Waals surface area contributed by atoms with Crippen molar-refractivity contribution in [2.24, 2.45) is 0 Å². The van der Waals surface area contributed by atoms with Crippen LogP contribution >= 0.6 is 0 Å². The fraction of sp³-hybridized carbons (Fsp3) is 0.750. The second-order valence-electron chi connectivity index (χ2n) is 2.56. The van der Waals surface area contributed by atoms with Crippen molar-refractivity contribution >= 4 is 10.0 Å². The first-order chi connectivity index (χ1) is 5.58. The topological polar surface area (TPSA) is 37.4 Å². The van der Waals surface area contributed by atoms with E-state index in [1.165, 1.54) is 10.5 Å². The minimum Gasteiger partial charge on any atom is -0.278 e. The second kappa shape index (κ2) is 5.19. The molecule has 0 saturated heterocycles. The van der Waals surface area contributed by atoms with Crippen molar-refractivity contribution in [3.05, 3.63) is 12.8 Å². The molecule has 0 aliphatic carbocycles. The van der Waals surface area contributed by atoms with Crippen molar-refractivity contribution in [2.45, 2.75) is 26.7 Å². The minimum atomic E-state index is -3.07. The van der Waals surface area contributed by atoms with Crippen LogP contribution in [-0.2, 0) is 10.0 Å². The Bertz CT molecular complexity index is 221. The number of hydrogen-bond acceptors (Lipinski definition) is 2. The van der Waals surface area contributed by atoms with Gasteiger partial charge in [-0.1, -0.05) is 19.9 Å². The lowest BCUT2D eigenvalue weighted by molar-refractivity contribution is 0.510. The summed E-state index contributed by atoms with van der Waals surface area (Å²) in [4.78, 5) is 0. The van der Waals surface area contributed by atoms with Gasteiger partial charge in [-0.05, 0) is 13.3 Å². The SMILES string of the molecule is C=CN(CC)S(=O)(=O)CCCC. The molecule has 4 heteroatoms. The Morgan fingerprint density at radius 2 is 2.00 bits per heavy atom. The molecule has 0 bridgehead atoms. The zero-order valence-corrected chi connectivity index (χ0v) is 8.60. The summed E-state index contributed by atoms with van der Waals surface area (Å²) in [5.74, 6) is 0.226. The molecule has 0 radical (unpaired) electrons. The Balaban J connectivity index is 4.27. The summed E-state index contributed by atoms with van der Waals surface area (Å²) in [6, 6.07) is 0. The van der Waals surface area contributed by atoms with Crippen LogP contribution in [0.3, 0.4) is 0 Å². The van der Waals surface area contributed by atoms with Gasteiger partial charge >= 0.3 is 0 Å². The van der Waals surface area contributed by atoms with E-state index in [0.29, 0.717) is 13.0 Å². The lowest BCUT2D eigenvalue weighted by Gasteiger charge is -2.17. The highest BCUT2D eigenvalue weighted by atomic mass is 32.2. The molecule has 0 aromatic rings. The van der Waals surface area contributed by atoms with Crippen LogP contribution in [0.1, 0.15) is 26.7 Å². The van der Waals surface area contributed by atoms with E-state index in [4.69, 9.17) is 0 Å². The normalized spacial score (nSPS) is 11.2. The van der Waals surface area contributed by atoms with Gasteiger partial charge in [0, 0.05) is 12.7 Å². The zero-order chi connectivity index (χ0) is 9.61.